The molecule has 2 aliphatic rings. The molecule has 2 heterocycles. The second-order valence-corrected chi connectivity index (χ2v) is 6.55. The van der Waals surface area contributed by atoms with E-state index in [1.165, 1.54) is 12.0 Å². The van der Waals surface area contributed by atoms with Crippen LogP contribution in [0.5, 0.6) is 5.75 Å². The largest absolute Gasteiger partial charge is 0.497 e. The fourth-order valence-corrected chi connectivity index (χ4v) is 3.81. The van der Waals surface area contributed by atoms with E-state index in [-0.39, 0.29) is 6.54 Å². The van der Waals surface area contributed by atoms with E-state index >= 15 is 0 Å². The van der Waals surface area contributed by atoms with Crippen molar-refractivity contribution < 1.29 is 27.3 Å². The number of nitrogens with one attached hydrogen (secondary N) is 1. The zero-order chi connectivity index (χ0) is 16.8. The molecule has 2 fully saturated rings. The van der Waals surface area contributed by atoms with Crippen LogP contribution in [0, 0.1) is 0 Å². The van der Waals surface area contributed by atoms with Gasteiger partial charge in [-0.05, 0) is 30.7 Å². The smallest absolute Gasteiger partial charge is 0.362 e. The molecule has 9 nitrogen and oxygen atoms in total. The number of carbonyl (C=O) groups is 2. The predicted molar refractivity (Wildman–Crippen MR) is 79.3 cm³/mol. The normalized spacial score (nSPS) is 23.3. The molecule has 1 aromatic rings. The molecule has 2 N–H and O–H groups in total. The van der Waals surface area contributed by atoms with E-state index in [4.69, 9.17) is 9.29 Å². The van der Waals surface area contributed by atoms with Crippen LogP contribution in [0.15, 0.2) is 24.3 Å². The maximum atomic E-state index is 12.3. The highest BCUT2D eigenvalue weighted by Crippen LogP contribution is 2.35. The van der Waals surface area contributed by atoms with Crippen LogP contribution in [0.1, 0.15) is 6.42 Å². The Balaban J connectivity index is 1.69. The maximum Gasteiger partial charge on any atom is 0.362 e. The highest BCUT2D eigenvalue weighted by Gasteiger charge is 2.60. The summed E-state index contributed by atoms with van der Waals surface area (Å²) in [6.45, 7) is 0.231. The average molecular weight is 341 g/mol. The van der Waals surface area contributed by atoms with Gasteiger partial charge in [0.25, 0.3) is 5.91 Å². The maximum absolute atomic E-state index is 12.3. The number of likely N-dealkylation sites (tertiary alicyclic amines) is 1. The van der Waals surface area contributed by atoms with Crippen molar-refractivity contribution in [3.8, 4) is 5.75 Å². The summed E-state index contributed by atoms with van der Waals surface area (Å²) in [4.78, 5) is 25.4. The van der Waals surface area contributed by atoms with Crippen LogP contribution in [-0.2, 0) is 15.1 Å². The molecule has 0 aromatic heterocycles. The molecule has 2 atom stereocenters. The summed E-state index contributed by atoms with van der Waals surface area (Å²) >= 11 is 0. The molecule has 3 rings (SSSR count). The third-order valence-corrected chi connectivity index (χ3v) is 4.94. The molecular formula is C13H15N3O6S. The molecule has 0 unspecified atom stereocenters. The lowest BCUT2D eigenvalue weighted by molar-refractivity contribution is -0.143. The van der Waals surface area contributed by atoms with E-state index in [9.17, 15) is 18.0 Å². The molecule has 0 bridgehead atoms. The first-order valence-electron chi connectivity index (χ1n) is 6.85. The second kappa shape index (κ2) is 5.39. The van der Waals surface area contributed by atoms with E-state index in [0.29, 0.717) is 22.2 Å². The first kappa shape index (κ1) is 15.6. The van der Waals surface area contributed by atoms with Gasteiger partial charge in [0.2, 0.25) is 0 Å². The number of amides is 3. The topological polar surface area (TPSA) is 116 Å². The summed E-state index contributed by atoms with van der Waals surface area (Å²) in [7, 11) is -3.04. The SMILES string of the molecule is COc1ccc(NC(=O)N2CC[C@@H]3[C@H]2C(=O)N3S(=O)(=O)O)cc1. The van der Waals surface area contributed by atoms with Gasteiger partial charge in [-0.1, -0.05) is 0 Å². The van der Waals surface area contributed by atoms with Gasteiger partial charge in [0, 0.05) is 12.2 Å². The molecular weight excluding hydrogens is 326 g/mol. The Labute approximate surface area is 132 Å². The van der Waals surface area contributed by atoms with Crippen LogP contribution in [0.25, 0.3) is 0 Å². The summed E-state index contributed by atoms with van der Waals surface area (Å²) in [5.41, 5.74) is 0.526. The zero-order valence-corrected chi connectivity index (χ0v) is 13.0. The summed E-state index contributed by atoms with van der Waals surface area (Å²) < 4.78 is 36.7. The number of methoxy groups -OCH3 is 1. The minimum absolute atomic E-state index is 0.231. The summed E-state index contributed by atoms with van der Waals surface area (Å²) in [5, 5.41) is 2.64. The number of β-lactam (4-membered cyclic amide) rings is 1. The number of fused-ring (bicyclic) bond motifs is 1. The number of urea groups is 1. The lowest BCUT2D eigenvalue weighted by atomic mass is 10.0. The van der Waals surface area contributed by atoms with Crippen LogP contribution < -0.4 is 10.1 Å². The van der Waals surface area contributed by atoms with Gasteiger partial charge in [0.05, 0.1) is 13.2 Å². The zero-order valence-electron chi connectivity index (χ0n) is 12.2. The summed E-state index contributed by atoms with van der Waals surface area (Å²) in [5.74, 6) is -0.151. The van der Waals surface area contributed by atoms with E-state index in [0.717, 1.165) is 0 Å². The van der Waals surface area contributed by atoms with Crippen molar-refractivity contribution in [3.05, 3.63) is 24.3 Å². The Kier molecular flexibility index (Phi) is 3.65. The second-order valence-electron chi connectivity index (χ2n) is 5.26. The fourth-order valence-electron chi connectivity index (χ4n) is 2.91. The summed E-state index contributed by atoms with van der Waals surface area (Å²) in [6.07, 6.45) is 0.298. The molecule has 124 valence electrons. The minimum Gasteiger partial charge on any atom is -0.497 e. The van der Waals surface area contributed by atoms with Crippen LogP contribution in [0.3, 0.4) is 0 Å². The molecule has 10 heteroatoms. The monoisotopic (exact) mass is 341 g/mol. The van der Waals surface area contributed by atoms with Gasteiger partial charge in [-0.3, -0.25) is 9.35 Å². The van der Waals surface area contributed by atoms with Gasteiger partial charge in [0.15, 0.2) is 0 Å². The van der Waals surface area contributed by atoms with Crippen molar-refractivity contribution in [1.29, 1.82) is 0 Å². The van der Waals surface area contributed by atoms with Gasteiger partial charge in [-0.15, -0.1) is 0 Å². The van der Waals surface area contributed by atoms with E-state index in [1.54, 1.807) is 24.3 Å². The fraction of sp³-hybridized carbons (Fsp3) is 0.385. The third-order valence-electron chi connectivity index (χ3n) is 3.99. The number of hydrogen-bond donors (Lipinski definition) is 2. The standard InChI is InChI=1S/C13H15N3O6S/c1-22-9-4-2-8(3-5-9)14-13(18)15-7-6-10-11(15)12(17)16(10)23(19,20)21/h2-5,10-11H,6-7H2,1H3,(H,14,18)(H,19,20,21)/t10-,11+/m1/s1. The lowest BCUT2D eigenvalue weighted by Gasteiger charge is -2.42. The van der Waals surface area contributed by atoms with Crippen molar-refractivity contribution in [2.75, 3.05) is 19.0 Å². The van der Waals surface area contributed by atoms with Crippen molar-refractivity contribution in [1.82, 2.24) is 9.21 Å². The number of hydrogen-bond acceptors (Lipinski definition) is 5. The number of anilines is 1. The van der Waals surface area contributed by atoms with Crippen molar-refractivity contribution in [2.24, 2.45) is 0 Å². The Morgan fingerprint density at radius 3 is 2.57 bits per heavy atom. The first-order valence-corrected chi connectivity index (χ1v) is 8.25. The molecule has 2 saturated heterocycles. The van der Waals surface area contributed by atoms with Crippen LogP contribution in [-0.4, -0.2) is 59.9 Å². The van der Waals surface area contributed by atoms with Crippen molar-refractivity contribution >= 4 is 27.9 Å². The Morgan fingerprint density at radius 1 is 1.35 bits per heavy atom. The quantitative estimate of drug-likeness (QED) is 0.604. The molecule has 0 spiro atoms. The minimum atomic E-state index is -4.57. The van der Waals surface area contributed by atoms with Crippen LogP contribution >= 0.6 is 0 Å². The number of benzene rings is 1. The van der Waals surface area contributed by atoms with Gasteiger partial charge in [0.1, 0.15) is 11.8 Å². The van der Waals surface area contributed by atoms with Crippen molar-refractivity contribution in [3.63, 3.8) is 0 Å². The van der Waals surface area contributed by atoms with Gasteiger partial charge in [-0.25, -0.2) is 9.10 Å². The van der Waals surface area contributed by atoms with Crippen molar-refractivity contribution in [2.45, 2.75) is 18.5 Å². The number of carbonyl (C=O) groups excluding carboxylic acids is 2. The van der Waals surface area contributed by atoms with Gasteiger partial charge >= 0.3 is 16.3 Å². The number of nitrogens with zero attached hydrogens (tertiary/aromatic N) is 2. The number of ether oxygens (including phenoxy) is 1. The Hall–Kier alpha value is -2.33. The first-order chi connectivity index (χ1) is 10.8. The van der Waals surface area contributed by atoms with E-state index in [2.05, 4.69) is 5.32 Å². The molecule has 2 aliphatic heterocycles. The number of rotatable bonds is 3. The Bertz CT molecular complexity index is 747. The van der Waals surface area contributed by atoms with Gasteiger partial charge < -0.3 is 15.0 Å². The highest BCUT2D eigenvalue weighted by molar-refractivity contribution is 7.84. The molecule has 1 aromatic carbocycles. The molecule has 0 saturated carbocycles. The van der Waals surface area contributed by atoms with Crippen LogP contribution in [0.4, 0.5) is 10.5 Å². The predicted octanol–water partition coefficient (Wildman–Crippen LogP) is 0.315. The third kappa shape index (κ3) is 2.59. The Morgan fingerprint density at radius 2 is 2.00 bits per heavy atom. The highest BCUT2D eigenvalue weighted by atomic mass is 32.2. The van der Waals surface area contributed by atoms with E-state index < -0.39 is 34.3 Å². The summed E-state index contributed by atoms with van der Waals surface area (Å²) in [6, 6.07) is 4.61. The molecule has 0 aliphatic carbocycles. The molecule has 3 amide bonds. The average Bonchev–Trinajstić information content (AvgIpc) is 2.85. The van der Waals surface area contributed by atoms with Gasteiger partial charge in [-0.2, -0.15) is 8.42 Å². The molecule has 0 radical (unpaired) electrons. The van der Waals surface area contributed by atoms with E-state index in [1.807, 2.05) is 0 Å². The lowest BCUT2D eigenvalue weighted by Crippen LogP contribution is -2.68. The van der Waals surface area contributed by atoms with Crippen LogP contribution in [0.2, 0.25) is 0 Å². The molecule has 23 heavy (non-hydrogen) atoms.